The Bertz CT molecular complexity index is 768. The van der Waals surface area contributed by atoms with Crippen molar-refractivity contribution in [1.82, 2.24) is 29.7 Å². The van der Waals surface area contributed by atoms with Crippen molar-refractivity contribution >= 4 is 5.91 Å². The Hall–Kier alpha value is -2.28. The lowest BCUT2D eigenvalue weighted by Crippen LogP contribution is -2.39. The van der Waals surface area contributed by atoms with Gasteiger partial charge in [-0.05, 0) is 31.7 Å². The number of nitrogens with one attached hydrogen (secondary N) is 1. The standard InChI is InChI=1S/C20H28N6O/c1-15-20-24-17(11-19(27)23-12-18-21-7-4-8-22-18)14-26(20)10-9-25(15)13-16-5-2-3-6-16/h4,7-8,14-16H,2-3,5-6,9-13H2,1H3,(H,23,27)/t15-/m1/s1. The van der Waals surface area contributed by atoms with E-state index in [1.54, 1.807) is 18.5 Å². The van der Waals surface area contributed by atoms with E-state index >= 15 is 0 Å². The van der Waals surface area contributed by atoms with E-state index < -0.39 is 0 Å². The maximum atomic E-state index is 12.2. The van der Waals surface area contributed by atoms with E-state index in [0.29, 0.717) is 24.8 Å². The predicted molar refractivity (Wildman–Crippen MR) is 102 cm³/mol. The summed E-state index contributed by atoms with van der Waals surface area (Å²) in [4.78, 5) is 27.8. The van der Waals surface area contributed by atoms with E-state index in [-0.39, 0.29) is 5.91 Å². The summed E-state index contributed by atoms with van der Waals surface area (Å²) in [6.45, 7) is 5.79. The first-order valence-corrected chi connectivity index (χ1v) is 10.0. The maximum Gasteiger partial charge on any atom is 0.226 e. The van der Waals surface area contributed by atoms with Gasteiger partial charge in [0, 0.05) is 38.2 Å². The topological polar surface area (TPSA) is 75.9 Å². The number of imidazole rings is 1. The molecule has 2 aromatic heterocycles. The average molecular weight is 368 g/mol. The summed E-state index contributed by atoms with van der Waals surface area (Å²) in [7, 11) is 0. The van der Waals surface area contributed by atoms with Crippen LogP contribution in [0.3, 0.4) is 0 Å². The van der Waals surface area contributed by atoms with Crippen molar-refractivity contribution in [2.75, 3.05) is 13.1 Å². The lowest BCUT2D eigenvalue weighted by atomic mass is 10.1. The number of rotatable bonds is 6. The van der Waals surface area contributed by atoms with Crippen LogP contribution in [0.15, 0.2) is 24.7 Å². The van der Waals surface area contributed by atoms with Crippen LogP contribution >= 0.6 is 0 Å². The predicted octanol–water partition coefficient (Wildman–Crippen LogP) is 2.10. The van der Waals surface area contributed by atoms with E-state index in [9.17, 15) is 4.79 Å². The molecule has 0 bridgehead atoms. The highest BCUT2D eigenvalue weighted by atomic mass is 16.1. The molecule has 7 heteroatoms. The van der Waals surface area contributed by atoms with Crippen LogP contribution in [0.1, 0.15) is 56.0 Å². The smallest absolute Gasteiger partial charge is 0.226 e. The second kappa shape index (κ2) is 8.17. The molecule has 1 atom stereocenters. The van der Waals surface area contributed by atoms with Crippen LogP contribution in [0.5, 0.6) is 0 Å². The quantitative estimate of drug-likeness (QED) is 0.845. The highest BCUT2D eigenvalue weighted by molar-refractivity contribution is 5.77. The van der Waals surface area contributed by atoms with Gasteiger partial charge in [0.25, 0.3) is 0 Å². The van der Waals surface area contributed by atoms with Crippen molar-refractivity contribution in [3.63, 3.8) is 0 Å². The second-order valence-corrected chi connectivity index (χ2v) is 7.72. The van der Waals surface area contributed by atoms with Crippen molar-refractivity contribution in [2.24, 2.45) is 5.92 Å². The zero-order chi connectivity index (χ0) is 18.6. The molecule has 1 N–H and O–H groups in total. The van der Waals surface area contributed by atoms with Crippen molar-refractivity contribution in [3.05, 3.63) is 42.0 Å². The number of amides is 1. The second-order valence-electron chi connectivity index (χ2n) is 7.72. The van der Waals surface area contributed by atoms with Gasteiger partial charge in [-0.15, -0.1) is 0 Å². The van der Waals surface area contributed by atoms with Gasteiger partial charge in [-0.2, -0.15) is 0 Å². The molecule has 0 spiro atoms. The molecule has 27 heavy (non-hydrogen) atoms. The Morgan fingerprint density at radius 2 is 2.00 bits per heavy atom. The first kappa shape index (κ1) is 18.1. The molecule has 0 saturated heterocycles. The zero-order valence-corrected chi connectivity index (χ0v) is 16.0. The number of fused-ring (bicyclic) bond motifs is 1. The summed E-state index contributed by atoms with van der Waals surface area (Å²) in [6, 6.07) is 2.08. The fourth-order valence-corrected chi connectivity index (χ4v) is 4.28. The molecule has 4 rings (SSSR count). The number of hydrogen-bond donors (Lipinski definition) is 1. The van der Waals surface area contributed by atoms with Crippen LogP contribution in [0.25, 0.3) is 0 Å². The first-order chi connectivity index (χ1) is 13.2. The summed E-state index contributed by atoms with van der Waals surface area (Å²) in [5, 5.41) is 2.87. The molecular weight excluding hydrogens is 340 g/mol. The lowest BCUT2D eigenvalue weighted by Gasteiger charge is -2.35. The molecule has 7 nitrogen and oxygen atoms in total. The average Bonchev–Trinajstić information content (AvgIpc) is 3.33. The van der Waals surface area contributed by atoms with Crippen LogP contribution in [-0.2, 0) is 24.3 Å². The molecule has 3 heterocycles. The fourth-order valence-electron chi connectivity index (χ4n) is 4.28. The van der Waals surface area contributed by atoms with Crippen molar-refractivity contribution in [1.29, 1.82) is 0 Å². The third kappa shape index (κ3) is 4.35. The highest BCUT2D eigenvalue weighted by Crippen LogP contribution is 2.30. The number of nitrogens with zero attached hydrogens (tertiary/aromatic N) is 5. The Balaban J connectivity index is 1.34. The molecule has 0 unspecified atom stereocenters. The van der Waals surface area contributed by atoms with Gasteiger partial charge < -0.3 is 9.88 Å². The van der Waals surface area contributed by atoms with E-state index in [1.807, 2.05) is 6.20 Å². The minimum absolute atomic E-state index is 0.0478. The molecular formula is C20H28N6O. The van der Waals surface area contributed by atoms with Gasteiger partial charge in [-0.25, -0.2) is 15.0 Å². The summed E-state index contributed by atoms with van der Waals surface area (Å²) < 4.78 is 2.22. The Labute approximate surface area is 160 Å². The summed E-state index contributed by atoms with van der Waals surface area (Å²) in [5.41, 5.74) is 0.839. The van der Waals surface area contributed by atoms with Crippen molar-refractivity contribution in [2.45, 2.75) is 58.2 Å². The summed E-state index contributed by atoms with van der Waals surface area (Å²) in [5.74, 6) is 2.51. The van der Waals surface area contributed by atoms with E-state index in [2.05, 4.69) is 31.7 Å². The molecule has 2 aliphatic rings. The van der Waals surface area contributed by atoms with Gasteiger partial charge in [0.05, 0.1) is 24.7 Å². The molecule has 1 fully saturated rings. The van der Waals surface area contributed by atoms with E-state index in [1.165, 1.54) is 32.2 Å². The highest BCUT2D eigenvalue weighted by Gasteiger charge is 2.29. The zero-order valence-electron chi connectivity index (χ0n) is 16.0. The monoisotopic (exact) mass is 368 g/mol. The lowest BCUT2D eigenvalue weighted by molar-refractivity contribution is -0.120. The number of carbonyl (C=O) groups excluding carboxylic acids is 1. The van der Waals surface area contributed by atoms with Gasteiger partial charge in [-0.3, -0.25) is 9.69 Å². The minimum atomic E-state index is -0.0478. The first-order valence-electron chi connectivity index (χ1n) is 10.0. The maximum absolute atomic E-state index is 12.2. The van der Waals surface area contributed by atoms with Crippen LogP contribution in [0.4, 0.5) is 0 Å². The van der Waals surface area contributed by atoms with Crippen LogP contribution in [0.2, 0.25) is 0 Å². The Morgan fingerprint density at radius 1 is 1.22 bits per heavy atom. The third-order valence-electron chi connectivity index (χ3n) is 5.78. The third-order valence-corrected chi connectivity index (χ3v) is 5.78. The molecule has 1 saturated carbocycles. The van der Waals surface area contributed by atoms with Crippen LogP contribution in [0, 0.1) is 5.92 Å². The van der Waals surface area contributed by atoms with E-state index in [4.69, 9.17) is 4.98 Å². The van der Waals surface area contributed by atoms with Gasteiger partial charge in [0.2, 0.25) is 5.91 Å². The van der Waals surface area contributed by atoms with E-state index in [0.717, 1.165) is 30.5 Å². The number of hydrogen-bond acceptors (Lipinski definition) is 5. The van der Waals surface area contributed by atoms with Gasteiger partial charge in [0.1, 0.15) is 11.6 Å². The molecule has 1 aliphatic carbocycles. The molecule has 2 aromatic rings. The molecule has 0 aromatic carbocycles. The number of aromatic nitrogens is 4. The van der Waals surface area contributed by atoms with Gasteiger partial charge in [0.15, 0.2) is 0 Å². The fraction of sp³-hybridized carbons (Fsp3) is 0.600. The molecule has 144 valence electrons. The van der Waals surface area contributed by atoms with Crippen molar-refractivity contribution < 1.29 is 4.79 Å². The molecule has 1 aliphatic heterocycles. The summed E-state index contributed by atoms with van der Waals surface area (Å²) in [6.07, 6.45) is 11.2. The Kier molecular flexibility index (Phi) is 5.48. The SMILES string of the molecule is C[C@@H]1c2nc(CC(=O)NCc3ncccn3)cn2CCN1CC1CCCC1. The molecule has 0 radical (unpaired) electrons. The van der Waals surface area contributed by atoms with Gasteiger partial charge in [-0.1, -0.05) is 12.8 Å². The largest absolute Gasteiger partial charge is 0.348 e. The normalized spacial score (nSPS) is 20.6. The summed E-state index contributed by atoms with van der Waals surface area (Å²) >= 11 is 0. The van der Waals surface area contributed by atoms with Gasteiger partial charge >= 0.3 is 0 Å². The van der Waals surface area contributed by atoms with Crippen LogP contribution < -0.4 is 5.32 Å². The molecule has 1 amide bonds. The van der Waals surface area contributed by atoms with Crippen LogP contribution in [-0.4, -0.2) is 43.4 Å². The number of carbonyl (C=O) groups is 1. The minimum Gasteiger partial charge on any atom is -0.348 e. The van der Waals surface area contributed by atoms with Crippen molar-refractivity contribution in [3.8, 4) is 0 Å². The Morgan fingerprint density at radius 3 is 2.78 bits per heavy atom.